The van der Waals surface area contributed by atoms with Crippen LogP contribution >= 0.6 is 15.9 Å². The van der Waals surface area contributed by atoms with E-state index in [0.717, 1.165) is 10.5 Å². The summed E-state index contributed by atoms with van der Waals surface area (Å²) in [6.45, 7) is -4.83. The molecule has 0 saturated heterocycles. The van der Waals surface area contributed by atoms with E-state index in [1.165, 1.54) is 0 Å². The van der Waals surface area contributed by atoms with Crippen molar-refractivity contribution in [2.24, 2.45) is 0 Å². The highest BCUT2D eigenvalue weighted by molar-refractivity contribution is 9.10. The molecule has 0 nitrogen and oxygen atoms in total. The topological polar surface area (TPSA) is 0 Å². The maximum Gasteiger partial charge on any atom is 0.502 e. The van der Waals surface area contributed by atoms with Crippen molar-refractivity contribution in [2.45, 2.75) is 0 Å². The summed E-state index contributed by atoms with van der Waals surface area (Å²) in [7, 11) is 0. The molecule has 1 aromatic carbocycles. The monoisotopic (exact) mass is 249 g/mol. The number of hydrogen-bond acceptors (Lipinski definition) is 0. The zero-order chi connectivity index (χ0) is 9.90. The predicted octanol–water partition coefficient (Wildman–Crippen LogP) is 3.85. The summed E-state index contributed by atoms with van der Waals surface area (Å²) in [5, 5.41) is 0. The molecule has 13 heavy (non-hydrogen) atoms. The average molecular weight is 250 g/mol. The van der Waals surface area contributed by atoms with E-state index in [2.05, 4.69) is 15.9 Å². The molecule has 5 heteroatoms. The Labute approximate surface area is 82.6 Å². The van der Waals surface area contributed by atoms with E-state index in [4.69, 9.17) is 0 Å². The molecule has 0 aromatic heterocycles. The summed E-state index contributed by atoms with van der Waals surface area (Å²) >= 11 is 3.19. The number of hydrogen-bond donors (Lipinski definition) is 0. The Morgan fingerprint density at radius 1 is 1.08 bits per heavy atom. The Morgan fingerprint density at radius 3 is 2.08 bits per heavy atom. The second-order valence-electron chi connectivity index (χ2n) is 2.54. The molecule has 70 valence electrons. The lowest BCUT2D eigenvalue weighted by Gasteiger charge is -2.05. The average Bonchev–Trinajstić information content (AvgIpc) is 2.02. The first kappa shape index (κ1) is 10.4. The van der Waals surface area contributed by atoms with Gasteiger partial charge < -0.3 is 12.9 Å². The van der Waals surface area contributed by atoms with Gasteiger partial charge in [-0.15, -0.1) is 5.98 Å². The van der Waals surface area contributed by atoms with Gasteiger partial charge in [0.25, 0.3) is 0 Å². The van der Waals surface area contributed by atoms with Gasteiger partial charge in [0, 0.05) is 4.47 Å². The van der Waals surface area contributed by atoms with Crippen LogP contribution in [0.1, 0.15) is 5.56 Å². The van der Waals surface area contributed by atoms with E-state index >= 15 is 0 Å². The molecule has 0 fully saturated rings. The summed E-state index contributed by atoms with van der Waals surface area (Å²) < 4.78 is 36.2. The molecule has 0 aliphatic carbocycles. The molecular weight excluding hydrogens is 244 g/mol. The van der Waals surface area contributed by atoms with Crippen molar-refractivity contribution >= 4 is 29.0 Å². The SMILES string of the molecule is F[B-](F)(F)C=Cc1ccc(Br)cc1. The zero-order valence-corrected chi connectivity index (χ0v) is 8.14. The second-order valence-corrected chi connectivity index (χ2v) is 3.45. The van der Waals surface area contributed by atoms with Gasteiger partial charge in [-0.25, -0.2) is 0 Å². The third kappa shape index (κ3) is 4.17. The molecule has 1 rings (SSSR count). The Bertz CT molecular complexity index is 302. The molecule has 0 atom stereocenters. The van der Waals surface area contributed by atoms with Crippen LogP contribution in [0.15, 0.2) is 34.7 Å². The largest absolute Gasteiger partial charge is 0.502 e. The molecule has 0 heterocycles. The molecule has 0 radical (unpaired) electrons. The quantitative estimate of drug-likeness (QED) is 0.699. The lowest BCUT2D eigenvalue weighted by molar-refractivity contribution is 0.499. The molecule has 0 N–H and O–H groups in total. The van der Waals surface area contributed by atoms with Gasteiger partial charge in [0.05, 0.1) is 0 Å². The highest BCUT2D eigenvalue weighted by Gasteiger charge is 2.16. The molecule has 0 unspecified atom stereocenters. The number of benzene rings is 1. The van der Waals surface area contributed by atoms with Gasteiger partial charge in [0.15, 0.2) is 0 Å². The van der Waals surface area contributed by atoms with Crippen LogP contribution in [0.4, 0.5) is 12.9 Å². The standard InChI is InChI=1S/C8H6BBrF3/c10-8-3-1-7(2-4-8)5-6-9(11,12)13/h1-6H/q-1. The van der Waals surface area contributed by atoms with Crippen molar-refractivity contribution in [1.29, 1.82) is 0 Å². The van der Waals surface area contributed by atoms with E-state index in [9.17, 15) is 12.9 Å². The van der Waals surface area contributed by atoms with Gasteiger partial charge in [-0.2, -0.15) is 0 Å². The Balaban J connectivity index is 2.75. The first-order chi connectivity index (χ1) is 5.97. The summed E-state index contributed by atoms with van der Waals surface area (Å²) in [6, 6.07) is 6.62. The minimum atomic E-state index is -4.83. The normalized spacial score (nSPS) is 12.3. The first-order valence-corrected chi connectivity index (χ1v) is 4.41. The van der Waals surface area contributed by atoms with Gasteiger partial charge in [-0.05, 0) is 17.7 Å². The summed E-state index contributed by atoms with van der Waals surface area (Å²) in [6.07, 6.45) is 1.06. The highest BCUT2D eigenvalue weighted by atomic mass is 79.9. The zero-order valence-electron chi connectivity index (χ0n) is 6.55. The Hall–Kier alpha value is -0.705. The van der Waals surface area contributed by atoms with Crippen LogP contribution in [0.3, 0.4) is 0 Å². The second kappa shape index (κ2) is 4.00. The molecule has 0 aliphatic rings. The minimum absolute atomic E-state index is 0.281. The Kier molecular flexibility index (Phi) is 3.19. The van der Waals surface area contributed by atoms with Gasteiger partial charge in [0.2, 0.25) is 0 Å². The van der Waals surface area contributed by atoms with Gasteiger partial charge in [0.1, 0.15) is 0 Å². The molecule has 0 amide bonds. The lowest BCUT2D eigenvalue weighted by atomic mass is 9.91. The van der Waals surface area contributed by atoms with E-state index in [-0.39, 0.29) is 5.98 Å². The van der Waals surface area contributed by atoms with E-state index in [1.807, 2.05) is 0 Å². The van der Waals surface area contributed by atoms with E-state index < -0.39 is 6.98 Å². The molecule has 0 saturated carbocycles. The molecular formula is C8H6BBrF3-. The molecule has 0 spiro atoms. The summed E-state index contributed by atoms with van der Waals surface area (Å²) in [4.78, 5) is 0. The smallest absolute Gasteiger partial charge is 0.445 e. The fourth-order valence-electron chi connectivity index (χ4n) is 0.794. The fraction of sp³-hybridized carbons (Fsp3) is 0. The van der Waals surface area contributed by atoms with Crippen LogP contribution in [0.25, 0.3) is 6.08 Å². The number of halogens is 4. The maximum atomic E-state index is 11.8. The third-order valence-corrected chi connectivity index (χ3v) is 1.91. The van der Waals surface area contributed by atoms with E-state index in [1.54, 1.807) is 24.3 Å². The minimum Gasteiger partial charge on any atom is -0.445 e. The summed E-state index contributed by atoms with van der Waals surface area (Å²) in [5.41, 5.74) is 0.544. The first-order valence-electron chi connectivity index (χ1n) is 3.62. The van der Waals surface area contributed by atoms with Crippen LogP contribution in [0.5, 0.6) is 0 Å². The maximum absolute atomic E-state index is 11.8. The van der Waals surface area contributed by atoms with Crippen molar-refractivity contribution < 1.29 is 12.9 Å². The van der Waals surface area contributed by atoms with Gasteiger partial charge in [-0.1, -0.05) is 34.1 Å². The van der Waals surface area contributed by atoms with Crippen molar-refractivity contribution in [3.63, 3.8) is 0 Å². The summed E-state index contributed by atoms with van der Waals surface area (Å²) in [5.74, 6) is 0.281. The van der Waals surface area contributed by atoms with Crippen LogP contribution < -0.4 is 0 Å². The predicted molar refractivity (Wildman–Crippen MR) is 52.3 cm³/mol. The van der Waals surface area contributed by atoms with E-state index in [0.29, 0.717) is 5.56 Å². The fourth-order valence-corrected chi connectivity index (χ4v) is 1.06. The van der Waals surface area contributed by atoms with Crippen molar-refractivity contribution in [3.8, 4) is 0 Å². The molecule has 1 aromatic rings. The highest BCUT2D eigenvalue weighted by Crippen LogP contribution is 2.15. The van der Waals surface area contributed by atoms with Crippen LogP contribution in [-0.2, 0) is 0 Å². The van der Waals surface area contributed by atoms with Gasteiger partial charge >= 0.3 is 6.98 Å². The van der Waals surface area contributed by atoms with Crippen molar-refractivity contribution in [1.82, 2.24) is 0 Å². The molecule has 0 bridgehead atoms. The van der Waals surface area contributed by atoms with Crippen molar-refractivity contribution in [3.05, 3.63) is 40.3 Å². The van der Waals surface area contributed by atoms with Crippen LogP contribution in [0.2, 0.25) is 0 Å². The lowest BCUT2D eigenvalue weighted by Crippen LogP contribution is -2.09. The number of rotatable bonds is 2. The van der Waals surface area contributed by atoms with Crippen LogP contribution in [0, 0.1) is 0 Å². The van der Waals surface area contributed by atoms with Gasteiger partial charge in [-0.3, -0.25) is 0 Å². The van der Waals surface area contributed by atoms with Crippen LogP contribution in [-0.4, -0.2) is 6.98 Å². The molecule has 0 aliphatic heterocycles. The third-order valence-electron chi connectivity index (χ3n) is 1.38. The van der Waals surface area contributed by atoms with Crippen molar-refractivity contribution in [2.75, 3.05) is 0 Å². The Morgan fingerprint density at radius 2 is 1.62 bits per heavy atom.